The summed E-state index contributed by atoms with van der Waals surface area (Å²) in [5, 5.41) is 11.3. The van der Waals surface area contributed by atoms with Crippen molar-refractivity contribution in [3.05, 3.63) is 94.1 Å². The molecule has 28 heavy (non-hydrogen) atoms. The number of nitrogens with zero attached hydrogens (tertiary/aromatic N) is 1. The molecule has 0 unspecified atom stereocenters. The van der Waals surface area contributed by atoms with Crippen molar-refractivity contribution < 1.29 is 14.6 Å². The van der Waals surface area contributed by atoms with Gasteiger partial charge in [-0.3, -0.25) is 0 Å². The van der Waals surface area contributed by atoms with Gasteiger partial charge in [0, 0.05) is 17.4 Å². The number of hydrogen-bond acceptors (Lipinski definition) is 2. The third-order valence-corrected chi connectivity index (χ3v) is 5.13. The van der Waals surface area contributed by atoms with Crippen molar-refractivity contribution >= 4 is 40.1 Å². The molecule has 1 N–H and O–H groups in total. The lowest BCUT2D eigenvalue weighted by atomic mass is 10.2. The number of hydrogen-bond donors (Lipinski definition) is 1. The van der Waals surface area contributed by atoms with Crippen LogP contribution in [0.4, 0.5) is 0 Å². The van der Waals surface area contributed by atoms with Crippen LogP contribution in [-0.4, -0.2) is 15.6 Å². The number of ether oxygens (including phenoxy) is 1. The van der Waals surface area contributed by atoms with Crippen molar-refractivity contribution in [1.82, 2.24) is 4.57 Å². The van der Waals surface area contributed by atoms with E-state index in [1.165, 1.54) is 0 Å². The Balaban J connectivity index is 1.73. The van der Waals surface area contributed by atoms with Gasteiger partial charge in [0.05, 0.1) is 10.0 Å². The minimum Gasteiger partial charge on any atom is -0.477 e. The Labute approximate surface area is 171 Å². The number of carboxylic acid groups (broad SMARTS) is 1. The van der Waals surface area contributed by atoms with Crippen molar-refractivity contribution in [2.75, 3.05) is 0 Å². The Morgan fingerprint density at radius 3 is 2.39 bits per heavy atom. The number of rotatable bonds is 5. The highest BCUT2D eigenvalue weighted by Gasteiger charge is 2.16. The third kappa shape index (κ3) is 3.70. The Morgan fingerprint density at radius 2 is 1.68 bits per heavy atom. The molecule has 4 nitrogen and oxygen atoms in total. The summed E-state index contributed by atoms with van der Waals surface area (Å²) in [5.74, 6) is 0.361. The minimum atomic E-state index is -0.998. The topological polar surface area (TPSA) is 51.5 Å². The van der Waals surface area contributed by atoms with Crippen molar-refractivity contribution in [2.24, 2.45) is 0 Å². The number of para-hydroxylation sites is 1. The molecule has 4 aromatic rings. The first-order chi connectivity index (χ1) is 13.5. The molecule has 3 aromatic carbocycles. The van der Waals surface area contributed by atoms with Crippen LogP contribution in [-0.2, 0) is 6.54 Å². The molecule has 4 rings (SSSR count). The summed E-state index contributed by atoms with van der Waals surface area (Å²) in [6.07, 6.45) is 0. The number of aromatic nitrogens is 1. The van der Waals surface area contributed by atoms with Gasteiger partial charge < -0.3 is 14.4 Å². The Bertz CT molecular complexity index is 1170. The summed E-state index contributed by atoms with van der Waals surface area (Å²) >= 11 is 12.1. The predicted octanol–water partition coefficient (Wildman–Crippen LogP) is 6.49. The van der Waals surface area contributed by atoms with Gasteiger partial charge in [-0.25, -0.2) is 4.79 Å². The second-order valence-corrected chi connectivity index (χ2v) is 7.12. The van der Waals surface area contributed by atoms with E-state index in [1.54, 1.807) is 22.8 Å². The predicted molar refractivity (Wildman–Crippen MR) is 111 cm³/mol. The second kappa shape index (κ2) is 7.58. The normalized spacial score (nSPS) is 10.9. The average Bonchev–Trinajstić information content (AvgIpc) is 3.03. The summed E-state index contributed by atoms with van der Waals surface area (Å²) in [7, 11) is 0. The number of benzene rings is 3. The smallest absolute Gasteiger partial charge is 0.352 e. The van der Waals surface area contributed by atoms with Crippen molar-refractivity contribution in [1.29, 1.82) is 0 Å². The molecule has 0 aliphatic heterocycles. The summed E-state index contributed by atoms with van der Waals surface area (Å²) in [6, 6.07) is 21.9. The van der Waals surface area contributed by atoms with Crippen molar-refractivity contribution in [3.63, 3.8) is 0 Å². The van der Waals surface area contributed by atoms with E-state index >= 15 is 0 Å². The molecule has 0 aliphatic carbocycles. The largest absolute Gasteiger partial charge is 0.477 e. The lowest BCUT2D eigenvalue weighted by Crippen LogP contribution is -2.09. The van der Waals surface area contributed by atoms with E-state index in [1.807, 2.05) is 54.6 Å². The maximum atomic E-state index is 11.8. The van der Waals surface area contributed by atoms with Crippen LogP contribution in [0.2, 0.25) is 10.0 Å². The van der Waals surface area contributed by atoms with Gasteiger partial charge in [0.2, 0.25) is 0 Å². The lowest BCUT2D eigenvalue weighted by Gasteiger charge is -2.10. The van der Waals surface area contributed by atoms with Gasteiger partial charge in [-0.15, -0.1) is 0 Å². The van der Waals surface area contributed by atoms with Gasteiger partial charge in [-0.2, -0.15) is 0 Å². The summed E-state index contributed by atoms with van der Waals surface area (Å²) in [5.41, 5.74) is 1.85. The quantitative estimate of drug-likeness (QED) is 0.408. The molecule has 0 atom stereocenters. The summed E-state index contributed by atoms with van der Waals surface area (Å²) in [6.45, 7) is 0.362. The molecule has 0 spiro atoms. The highest BCUT2D eigenvalue weighted by atomic mass is 35.5. The van der Waals surface area contributed by atoms with Gasteiger partial charge in [0.15, 0.2) is 0 Å². The van der Waals surface area contributed by atoms with Gasteiger partial charge >= 0.3 is 5.97 Å². The fourth-order valence-electron chi connectivity index (χ4n) is 3.11. The van der Waals surface area contributed by atoms with E-state index in [9.17, 15) is 9.90 Å². The maximum absolute atomic E-state index is 11.8. The number of carbonyl (C=O) groups is 1. The molecule has 0 saturated heterocycles. The second-order valence-electron chi connectivity index (χ2n) is 6.31. The average molecular weight is 412 g/mol. The first-order valence-corrected chi connectivity index (χ1v) is 9.30. The van der Waals surface area contributed by atoms with E-state index in [-0.39, 0.29) is 5.69 Å². The van der Waals surface area contributed by atoms with Gasteiger partial charge in [0.1, 0.15) is 17.2 Å². The maximum Gasteiger partial charge on any atom is 0.352 e. The number of aromatic carboxylic acids is 1. The molecule has 0 fully saturated rings. The fraction of sp³-hybridized carbons (Fsp3) is 0.0455. The van der Waals surface area contributed by atoms with Crippen LogP contribution in [0.3, 0.4) is 0 Å². The van der Waals surface area contributed by atoms with Crippen LogP contribution in [0.5, 0.6) is 11.5 Å². The third-order valence-electron chi connectivity index (χ3n) is 4.40. The summed E-state index contributed by atoms with van der Waals surface area (Å²) < 4.78 is 7.59. The molecule has 140 valence electrons. The van der Waals surface area contributed by atoms with E-state index in [0.29, 0.717) is 22.3 Å². The molecule has 6 heteroatoms. The molecule has 1 heterocycles. The van der Waals surface area contributed by atoms with Crippen molar-refractivity contribution in [3.8, 4) is 11.5 Å². The van der Waals surface area contributed by atoms with Crippen LogP contribution in [0, 0.1) is 0 Å². The van der Waals surface area contributed by atoms with Crippen LogP contribution < -0.4 is 4.74 Å². The number of carboxylic acids is 1. The molecule has 0 bridgehead atoms. The van der Waals surface area contributed by atoms with Crippen LogP contribution in [0.1, 0.15) is 16.1 Å². The van der Waals surface area contributed by atoms with Crippen molar-refractivity contribution in [2.45, 2.75) is 6.54 Å². The zero-order chi connectivity index (χ0) is 19.7. The number of halogens is 2. The molecule has 0 aliphatic rings. The van der Waals surface area contributed by atoms with E-state index < -0.39 is 5.97 Å². The zero-order valence-electron chi connectivity index (χ0n) is 14.6. The molecule has 0 radical (unpaired) electrons. The Morgan fingerprint density at radius 1 is 0.893 bits per heavy atom. The van der Waals surface area contributed by atoms with Gasteiger partial charge in [-0.1, -0.05) is 47.5 Å². The molecular weight excluding hydrogens is 397 g/mol. The molecule has 0 saturated carbocycles. The number of fused-ring (bicyclic) bond motifs is 1. The monoisotopic (exact) mass is 411 g/mol. The van der Waals surface area contributed by atoms with Crippen LogP contribution in [0.15, 0.2) is 72.8 Å². The first-order valence-electron chi connectivity index (χ1n) is 8.55. The van der Waals surface area contributed by atoms with E-state index in [0.717, 1.165) is 22.2 Å². The molecular formula is C22H15Cl2NO3. The summed E-state index contributed by atoms with van der Waals surface area (Å²) in [4.78, 5) is 11.8. The minimum absolute atomic E-state index is 0.193. The highest BCUT2D eigenvalue weighted by molar-refractivity contribution is 6.42. The van der Waals surface area contributed by atoms with E-state index in [4.69, 9.17) is 27.9 Å². The fourth-order valence-corrected chi connectivity index (χ4v) is 3.43. The van der Waals surface area contributed by atoms with Gasteiger partial charge in [0.25, 0.3) is 0 Å². The van der Waals surface area contributed by atoms with Crippen LogP contribution >= 0.6 is 23.2 Å². The highest BCUT2D eigenvalue weighted by Crippen LogP contribution is 2.29. The van der Waals surface area contributed by atoms with Gasteiger partial charge in [-0.05, 0) is 54.1 Å². The molecule has 0 amide bonds. The molecule has 1 aromatic heterocycles. The Hall–Kier alpha value is -2.95. The lowest BCUT2D eigenvalue weighted by molar-refractivity contribution is 0.0686. The zero-order valence-corrected chi connectivity index (χ0v) is 16.1. The Kier molecular flexibility index (Phi) is 4.99. The first kappa shape index (κ1) is 18.4. The standard InChI is InChI=1S/C22H15Cl2NO3/c23-18-8-6-14(10-19(18)24)13-25-20-9-7-17(28-16-4-2-1-3-5-16)11-15(20)12-21(25)22(26)27/h1-12H,13H2,(H,26,27). The van der Waals surface area contributed by atoms with E-state index in [2.05, 4.69) is 0 Å². The van der Waals surface area contributed by atoms with Crippen LogP contribution in [0.25, 0.3) is 10.9 Å². The SMILES string of the molecule is O=C(O)c1cc2cc(Oc3ccccc3)ccc2n1Cc1ccc(Cl)c(Cl)c1.